The van der Waals surface area contributed by atoms with Crippen LogP contribution >= 0.6 is 0 Å². The molecule has 2 amide bonds. The minimum Gasteiger partial charge on any atom is -0.454 e. The van der Waals surface area contributed by atoms with Gasteiger partial charge in [-0.3, -0.25) is 9.59 Å². The maximum absolute atomic E-state index is 12.0. The second-order valence-electron chi connectivity index (χ2n) is 6.10. The zero-order valence-corrected chi connectivity index (χ0v) is 14.2. The van der Waals surface area contributed by atoms with Crippen LogP contribution in [0.2, 0.25) is 0 Å². The Bertz CT molecular complexity index is 785. The number of carbonyl (C=O) groups is 2. The van der Waals surface area contributed by atoms with E-state index >= 15 is 0 Å². The molecule has 0 radical (unpaired) electrons. The summed E-state index contributed by atoms with van der Waals surface area (Å²) in [7, 11) is 0. The second kappa shape index (κ2) is 7.25. The molecule has 25 heavy (non-hydrogen) atoms. The number of fused-ring (bicyclic) bond motifs is 1. The Balaban J connectivity index is 1.53. The van der Waals surface area contributed by atoms with Crippen molar-refractivity contribution < 1.29 is 19.1 Å². The molecule has 1 heterocycles. The van der Waals surface area contributed by atoms with E-state index in [1.165, 1.54) is 5.56 Å². The van der Waals surface area contributed by atoms with Gasteiger partial charge >= 0.3 is 11.8 Å². The number of carbonyl (C=O) groups excluding carboxylic acids is 2. The van der Waals surface area contributed by atoms with Crippen LogP contribution in [-0.2, 0) is 16.1 Å². The Labute approximate surface area is 146 Å². The molecule has 1 aliphatic heterocycles. The zero-order chi connectivity index (χ0) is 17.8. The van der Waals surface area contributed by atoms with Crippen molar-refractivity contribution in [3.8, 4) is 11.5 Å². The van der Waals surface area contributed by atoms with E-state index in [-0.39, 0.29) is 6.79 Å². The van der Waals surface area contributed by atoms with Gasteiger partial charge in [-0.15, -0.1) is 0 Å². The molecule has 0 saturated carbocycles. The van der Waals surface area contributed by atoms with Crippen LogP contribution in [0.4, 0.5) is 5.69 Å². The van der Waals surface area contributed by atoms with Crippen LogP contribution in [0, 0.1) is 0 Å². The summed E-state index contributed by atoms with van der Waals surface area (Å²) in [6.07, 6.45) is 0. The molecule has 0 fully saturated rings. The highest BCUT2D eigenvalue weighted by molar-refractivity contribution is 6.39. The molecule has 0 atom stereocenters. The van der Waals surface area contributed by atoms with Gasteiger partial charge in [0.05, 0.1) is 0 Å². The predicted molar refractivity (Wildman–Crippen MR) is 93.6 cm³/mol. The summed E-state index contributed by atoms with van der Waals surface area (Å²) in [4.78, 5) is 23.9. The third-order valence-corrected chi connectivity index (χ3v) is 3.94. The van der Waals surface area contributed by atoms with E-state index in [1.807, 2.05) is 24.3 Å². The molecular formula is C19H20N2O4. The van der Waals surface area contributed by atoms with E-state index in [2.05, 4.69) is 24.5 Å². The van der Waals surface area contributed by atoms with Gasteiger partial charge in [0.25, 0.3) is 0 Å². The first kappa shape index (κ1) is 16.8. The van der Waals surface area contributed by atoms with Crippen LogP contribution in [0.3, 0.4) is 0 Å². The van der Waals surface area contributed by atoms with Crippen molar-refractivity contribution in [2.24, 2.45) is 0 Å². The molecule has 0 unspecified atom stereocenters. The van der Waals surface area contributed by atoms with E-state index in [0.717, 1.165) is 5.56 Å². The monoisotopic (exact) mass is 340 g/mol. The molecule has 0 bridgehead atoms. The predicted octanol–water partition coefficient (Wildman–Crippen LogP) is 2.79. The molecule has 0 saturated heterocycles. The number of hydrogen-bond donors (Lipinski definition) is 2. The minimum atomic E-state index is -0.724. The van der Waals surface area contributed by atoms with Crippen molar-refractivity contribution in [2.75, 3.05) is 12.1 Å². The van der Waals surface area contributed by atoms with Gasteiger partial charge in [0.1, 0.15) is 0 Å². The van der Waals surface area contributed by atoms with Gasteiger partial charge in [0, 0.05) is 18.3 Å². The standard InChI is InChI=1S/C19H20N2O4/c1-12(2)14-5-3-13(4-6-14)10-20-18(22)19(23)21-15-7-8-16-17(9-15)25-11-24-16/h3-9,12H,10-11H2,1-2H3,(H,20,22)(H,21,23). The summed E-state index contributed by atoms with van der Waals surface area (Å²) in [6, 6.07) is 12.9. The number of ether oxygens (including phenoxy) is 2. The smallest absolute Gasteiger partial charge is 0.313 e. The molecular weight excluding hydrogens is 320 g/mol. The van der Waals surface area contributed by atoms with Gasteiger partial charge in [0.15, 0.2) is 11.5 Å². The maximum atomic E-state index is 12.0. The van der Waals surface area contributed by atoms with Crippen LogP contribution in [0.1, 0.15) is 30.9 Å². The first-order chi connectivity index (χ1) is 12.0. The third-order valence-electron chi connectivity index (χ3n) is 3.94. The molecule has 6 heteroatoms. The van der Waals surface area contributed by atoms with Crippen molar-refractivity contribution in [1.82, 2.24) is 5.32 Å². The number of anilines is 1. The Morgan fingerprint density at radius 2 is 1.72 bits per heavy atom. The number of rotatable bonds is 4. The third kappa shape index (κ3) is 4.09. The number of benzene rings is 2. The normalized spacial score (nSPS) is 12.1. The summed E-state index contributed by atoms with van der Waals surface area (Å²) in [5.74, 6) is 0.204. The van der Waals surface area contributed by atoms with Crippen molar-refractivity contribution in [3.05, 3.63) is 53.6 Å². The van der Waals surface area contributed by atoms with E-state index in [9.17, 15) is 9.59 Å². The average molecular weight is 340 g/mol. The molecule has 3 rings (SSSR count). The van der Waals surface area contributed by atoms with Crippen molar-refractivity contribution in [1.29, 1.82) is 0 Å². The van der Waals surface area contributed by atoms with Crippen LogP contribution in [-0.4, -0.2) is 18.6 Å². The molecule has 0 aliphatic carbocycles. The Morgan fingerprint density at radius 1 is 1.00 bits per heavy atom. The van der Waals surface area contributed by atoms with Crippen LogP contribution in [0.5, 0.6) is 11.5 Å². The first-order valence-electron chi connectivity index (χ1n) is 8.10. The van der Waals surface area contributed by atoms with E-state index < -0.39 is 11.8 Å². The van der Waals surface area contributed by atoms with E-state index in [4.69, 9.17) is 9.47 Å². The zero-order valence-electron chi connectivity index (χ0n) is 14.2. The van der Waals surface area contributed by atoms with Crippen molar-refractivity contribution in [2.45, 2.75) is 26.3 Å². The van der Waals surface area contributed by atoms with Gasteiger partial charge in [-0.05, 0) is 29.2 Å². The highest BCUT2D eigenvalue weighted by Crippen LogP contribution is 2.34. The van der Waals surface area contributed by atoms with Crippen molar-refractivity contribution in [3.63, 3.8) is 0 Å². The lowest BCUT2D eigenvalue weighted by molar-refractivity contribution is -0.136. The van der Waals surface area contributed by atoms with Crippen LogP contribution in [0.15, 0.2) is 42.5 Å². The number of nitrogens with one attached hydrogen (secondary N) is 2. The molecule has 2 aromatic rings. The number of amides is 2. The van der Waals surface area contributed by atoms with Gasteiger partial charge in [-0.2, -0.15) is 0 Å². The lowest BCUT2D eigenvalue weighted by atomic mass is 10.0. The fraction of sp³-hybridized carbons (Fsp3) is 0.263. The molecule has 1 aliphatic rings. The fourth-order valence-electron chi connectivity index (χ4n) is 2.45. The second-order valence-corrected chi connectivity index (χ2v) is 6.10. The first-order valence-corrected chi connectivity index (χ1v) is 8.10. The summed E-state index contributed by atoms with van der Waals surface area (Å²) in [6.45, 7) is 4.70. The number of hydrogen-bond acceptors (Lipinski definition) is 4. The fourth-order valence-corrected chi connectivity index (χ4v) is 2.45. The van der Waals surface area contributed by atoms with Crippen LogP contribution in [0.25, 0.3) is 0 Å². The minimum absolute atomic E-state index is 0.156. The SMILES string of the molecule is CC(C)c1ccc(CNC(=O)C(=O)Nc2ccc3c(c2)OCO3)cc1. The highest BCUT2D eigenvalue weighted by Gasteiger charge is 2.17. The topological polar surface area (TPSA) is 76.7 Å². The lowest BCUT2D eigenvalue weighted by Gasteiger charge is -2.09. The molecule has 6 nitrogen and oxygen atoms in total. The Hall–Kier alpha value is -3.02. The molecule has 130 valence electrons. The average Bonchev–Trinajstić information content (AvgIpc) is 3.07. The van der Waals surface area contributed by atoms with Gasteiger partial charge in [0.2, 0.25) is 6.79 Å². The van der Waals surface area contributed by atoms with Gasteiger partial charge in [-0.25, -0.2) is 0 Å². The van der Waals surface area contributed by atoms with E-state index in [1.54, 1.807) is 18.2 Å². The molecule has 2 aromatic carbocycles. The highest BCUT2D eigenvalue weighted by atomic mass is 16.7. The van der Waals surface area contributed by atoms with Crippen LogP contribution < -0.4 is 20.1 Å². The Kier molecular flexibility index (Phi) is 4.88. The summed E-state index contributed by atoms with van der Waals surface area (Å²) >= 11 is 0. The largest absolute Gasteiger partial charge is 0.454 e. The van der Waals surface area contributed by atoms with Gasteiger partial charge < -0.3 is 20.1 Å². The molecule has 2 N–H and O–H groups in total. The maximum Gasteiger partial charge on any atom is 0.313 e. The Morgan fingerprint density at radius 3 is 2.44 bits per heavy atom. The van der Waals surface area contributed by atoms with E-state index in [0.29, 0.717) is 29.6 Å². The molecule has 0 aromatic heterocycles. The van der Waals surface area contributed by atoms with Gasteiger partial charge in [-0.1, -0.05) is 38.1 Å². The summed E-state index contributed by atoms with van der Waals surface area (Å²) < 4.78 is 10.4. The quantitative estimate of drug-likeness (QED) is 0.839. The lowest BCUT2D eigenvalue weighted by Crippen LogP contribution is -2.34. The van der Waals surface area contributed by atoms with Crippen molar-refractivity contribution >= 4 is 17.5 Å². The summed E-state index contributed by atoms with van der Waals surface area (Å²) in [5.41, 5.74) is 2.65. The summed E-state index contributed by atoms with van der Waals surface area (Å²) in [5, 5.41) is 5.16. The molecule has 0 spiro atoms.